The van der Waals surface area contributed by atoms with Crippen LogP contribution in [0.15, 0.2) is 47.4 Å². The molecule has 2 aromatic carbocycles. The first-order valence-corrected chi connectivity index (χ1v) is 13.0. The number of ether oxygens (including phenoxy) is 2. The standard InChI is InChI=1S/C22H29N3O6S2/c1-15-4-7-17(8-5-15)33(28,29)25-18(10-11-32-3)22(27)24-13-16-6-9-19(20(12-16)30-2)31-14-21(23)26/h4-9,12,18,25H,10-11,13-14H2,1-3H3,(H2,23,26)(H,24,27). The van der Waals surface area contributed by atoms with E-state index in [0.717, 1.165) is 5.56 Å². The number of sulfonamides is 1. The van der Waals surface area contributed by atoms with Crippen molar-refractivity contribution in [1.29, 1.82) is 0 Å². The third kappa shape index (κ3) is 8.26. The Hall–Kier alpha value is -2.76. The van der Waals surface area contributed by atoms with Gasteiger partial charge in [-0.1, -0.05) is 23.8 Å². The van der Waals surface area contributed by atoms with E-state index in [4.69, 9.17) is 15.2 Å². The molecule has 9 nitrogen and oxygen atoms in total. The van der Waals surface area contributed by atoms with E-state index < -0.39 is 27.9 Å². The number of carbonyl (C=O) groups is 2. The summed E-state index contributed by atoms with van der Waals surface area (Å²) in [6.45, 7) is 1.72. The normalized spacial score (nSPS) is 12.1. The number of hydrogen-bond acceptors (Lipinski definition) is 7. The van der Waals surface area contributed by atoms with Crippen LogP contribution in [-0.2, 0) is 26.2 Å². The van der Waals surface area contributed by atoms with Gasteiger partial charge in [-0.3, -0.25) is 9.59 Å². The molecule has 4 N–H and O–H groups in total. The number of primary amides is 1. The molecular formula is C22H29N3O6S2. The van der Waals surface area contributed by atoms with Crippen LogP contribution < -0.4 is 25.2 Å². The van der Waals surface area contributed by atoms with E-state index >= 15 is 0 Å². The van der Waals surface area contributed by atoms with E-state index in [1.165, 1.54) is 31.0 Å². The van der Waals surface area contributed by atoms with Gasteiger partial charge in [0.2, 0.25) is 15.9 Å². The number of rotatable bonds is 13. The van der Waals surface area contributed by atoms with E-state index in [9.17, 15) is 18.0 Å². The summed E-state index contributed by atoms with van der Waals surface area (Å²) in [4.78, 5) is 23.9. The highest BCUT2D eigenvalue weighted by Gasteiger charge is 2.25. The van der Waals surface area contributed by atoms with Gasteiger partial charge < -0.3 is 20.5 Å². The SMILES string of the molecule is COc1cc(CNC(=O)C(CCSC)NS(=O)(=O)c2ccc(C)cc2)ccc1OCC(N)=O. The van der Waals surface area contributed by atoms with E-state index in [2.05, 4.69) is 10.0 Å². The first-order chi connectivity index (χ1) is 15.7. The molecule has 33 heavy (non-hydrogen) atoms. The monoisotopic (exact) mass is 495 g/mol. The summed E-state index contributed by atoms with van der Waals surface area (Å²) in [6.07, 6.45) is 2.22. The van der Waals surface area contributed by atoms with Crippen LogP contribution in [0.1, 0.15) is 17.5 Å². The van der Waals surface area contributed by atoms with E-state index in [1.807, 2.05) is 13.2 Å². The lowest BCUT2D eigenvalue weighted by atomic mass is 10.2. The highest BCUT2D eigenvalue weighted by Crippen LogP contribution is 2.28. The smallest absolute Gasteiger partial charge is 0.255 e. The number of hydrogen-bond donors (Lipinski definition) is 3. The number of nitrogens with two attached hydrogens (primary N) is 1. The first kappa shape index (κ1) is 26.5. The van der Waals surface area contributed by atoms with Gasteiger partial charge in [-0.15, -0.1) is 0 Å². The Morgan fingerprint density at radius 3 is 2.42 bits per heavy atom. The Balaban J connectivity index is 2.08. The molecule has 0 radical (unpaired) electrons. The van der Waals surface area contributed by atoms with Crippen molar-refractivity contribution < 1.29 is 27.5 Å². The molecule has 0 aliphatic heterocycles. The minimum absolute atomic E-state index is 0.103. The van der Waals surface area contributed by atoms with Gasteiger partial charge >= 0.3 is 0 Å². The lowest BCUT2D eigenvalue weighted by molar-refractivity contribution is -0.123. The van der Waals surface area contributed by atoms with Crippen LogP contribution >= 0.6 is 11.8 Å². The summed E-state index contributed by atoms with van der Waals surface area (Å²) in [7, 11) is -2.41. The van der Waals surface area contributed by atoms with Crippen LogP contribution in [0.2, 0.25) is 0 Å². The predicted molar refractivity (Wildman–Crippen MR) is 128 cm³/mol. The molecule has 0 bridgehead atoms. The molecule has 11 heteroatoms. The molecule has 0 saturated heterocycles. The van der Waals surface area contributed by atoms with Crippen LogP contribution in [0.5, 0.6) is 11.5 Å². The van der Waals surface area contributed by atoms with Gasteiger partial charge in [-0.05, 0) is 55.2 Å². The van der Waals surface area contributed by atoms with Crippen molar-refractivity contribution in [2.45, 2.75) is 30.8 Å². The Bertz CT molecular complexity index is 1060. The van der Waals surface area contributed by atoms with Gasteiger partial charge in [0, 0.05) is 6.54 Å². The van der Waals surface area contributed by atoms with Crippen LogP contribution in [0.4, 0.5) is 0 Å². The lowest BCUT2D eigenvalue weighted by Crippen LogP contribution is -2.46. The third-order valence-electron chi connectivity index (χ3n) is 4.62. The van der Waals surface area contributed by atoms with Crippen LogP contribution in [0, 0.1) is 6.92 Å². The highest BCUT2D eigenvalue weighted by molar-refractivity contribution is 7.98. The molecule has 2 aromatic rings. The van der Waals surface area contributed by atoms with Crippen molar-refractivity contribution in [3.8, 4) is 11.5 Å². The van der Waals surface area contributed by atoms with Crippen molar-refractivity contribution in [2.24, 2.45) is 5.73 Å². The summed E-state index contributed by atoms with van der Waals surface area (Å²) < 4.78 is 38.6. The summed E-state index contributed by atoms with van der Waals surface area (Å²) in [6, 6.07) is 10.5. The fourth-order valence-corrected chi connectivity index (χ4v) is 4.56. The van der Waals surface area contributed by atoms with Gasteiger partial charge in [0.25, 0.3) is 5.91 Å². The quantitative estimate of drug-likeness (QED) is 0.384. The van der Waals surface area contributed by atoms with Crippen molar-refractivity contribution in [3.63, 3.8) is 0 Å². The number of carbonyl (C=O) groups excluding carboxylic acids is 2. The molecule has 0 fully saturated rings. The topological polar surface area (TPSA) is 137 Å². The van der Waals surface area contributed by atoms with Gasteiger partial charge in [-0.25, -0.2) is 8.42 Å². The lowest BCUT2D eigenvalue weighted by Gasteiger charge is -2.19. The number of aryl methyl sites for hydroxylation is 1. The number of benzene rings is 2. The third-order valence-corrected chi connectivity index (χ3v) is 6.75. The molecule has 0 aliphatic carbocycles. The first-order valence-electron chi connectivity index (χ1n) is 10.1. The van der Waals surface area contributed by atoms with Crippen LogP contribution in [0.3, 0.4) is 0 Å². The zero-order valence-electron chi connectivity index (χ0n) is 18.8. The fraction of sp³-hybridized carbons (Fsp3) is 0.364. The summed E-state index contributed by atoms with van der Waals surface area (Å²) in [5.74, 6) is 0.274. The second-order valence-corrected chi connectivity index (χ2v) is 9.93. The van der Waals surface area contributed by atoms with Crippen molar-refractivity contribution in [1.82, 2.24) is 10.0 Å². The Morgan fingerprint density at radius 2 is 1.82 bits per heavy atom. The molecule has 2 amide bonds. The molecule has 0 aromatic heterocycles. The minimum Gasteiger partial charge on any atom is -0.493 e. The summed E-state index contributed by atoms with van der Waals surface area (Å²) in [5, 5.41) is 2.77. The average Bonchev–Trinajstić information content (AvgIpc) is 2.79. The largest absolute Gasteiger partial charge is 0.493 e. The average molecular weight is 496 g/mol. The number of nitrogens with one attached hydrogen (secondary N) is 2. The summed E-state index contributed by atoms with van der Waals surface area (Å²) >= 11 is 1.52. The maximum absolute atomic E-state index is 12.8. The molecule has 0 heterocycles. The highest BCUT2D eigenvalue weighted by atomic mass is 32.2. The molecule has 1 atom stereocenters. The second-order valence-electron chi connectivity index (χ2n) is 7.23. The minimum atomic E-state index is -3.86. The van der Waals surface area contributed by atoms with Crippen LogP contribution in [-0.4, -0.2) is 52.0 Å². The predicted octanol–water partition coefficient (Wildman–Crippen LogP) is 1.58. The van der Waals surface area contributed by atoms with Gasteiger partial charge in [-0.2, -0.15) is 16.5 Å². The zero-order chi connectivity index (χ0) is 24.4. The van der Waals surface area contributed by atoms with E-state index in [0.29, 0.717) is 29.2 Å². The van der Waals surface area contributed by atoms with Gasteiger partial charge in [0.1, 0.15) is 6.04 Å². The van der Waals surface area contributed by atoms with Crippen molar-refractivity contribution in [2.75, 3.05) is 25.7 Å². The number of thioether (sulfide) groups is 1. The molecule has 0 spiro atoms. The number of methoxy groups -OCH3 is 1. The van der Waals surface area contributed by atoms with Crippen LogP contribution in [0.25, 0.3) is 0 Å². The Kier molecular flexibility index (Phi) is 10.0. The van der Waals surface area contributed by atoms with E-state index in [1.54, 1.807) is 30.3 Å². The van der Waals surface area contributed by atoms with Gasteiger partial charge in [0.05, 0.1) is 12.0 Å². The Morgan fingerprint density at radius 1 is 1.12 bits per heavy atom. The molecule has 0 saturated carbocycles. The Labute approximate surface area is 198 Å². The second kappa shape index (κ2) is 12.5. The molecule has 180 valence electrons. The maximum atomic E-state index is 12.8. The molecular weight excluding hydrogens is 466 g/mol. The molecule has 2 rings (SSSR count). The van der Waals surface area contributed by atoms with Gasteiger partial charge in [0.15, 0.2) is 18.1 Å². The zero-order valence-corrected chi connectivity index (χ0v) is 20.4. The summed E-state index contributed by atoms with van der Waals surface area (Å²) in [5.41, 5.74) is 6.73. The molecule has 0 aliphatic rings. The van der Waals surface area contributed by atoms with Crippen molar-refractivity contribution in [3.05, 3.63) is 53.6 Å². The maximum Gasteiger partial charge on any atom is 0.255 e. The number of amides is 2. The van der Waals surface area contributed by atoms with E-state index in [-0.39, 0.29) is 18.0 Å². The fourth-order valence-electron chi connectivity index (χ4n) is 2.85. The van der Waals surface area contributed by atoms with Crippen molar-refractivity contribution >= 4 is 33.6 Å². The molecule has 1 unspecified atom stereocenters.